The topological polar surface area (TPSA) is 94.5 Å². The fraction of sp³-hybridized carbons (Fsp3) is 0.400. The van der Waals surface area contributed by atoms with Crippen LogP contribution in [0.3, 0.4) is 0 Å². The number of aromatic amines is 1. The highest BCUT2D eigenvalue weighted by Crippen LogP contribution is 2.47. The number of benzene rings is 1. The summed E-state index contributed by atoms with van der Waals surface area (Å²) in [7, 11) is 2.66. The van der Waals surface area contributed by atoms with Crippen LogP contribution in [0.4, 0.5) is 5.69 Å². The summed E-state index contributed by atoms with van der Waals surface area (Å²) in [5.74, 6) is -0.168. The van der Waals surface area contributed by atoms with Crippen molar-refractivity contribution >= 4 is 22.6 Å². The number of hydrogen-bond donors (Lipinski definition) is 1. The van der Waals surface area contributed by atoms with Crippen molar-refractivity contribution in [3.05, 3.63) is 33.0 Å². The Morgan fingerprint density at radius 3 is 2.59 bits per heavy atom. The highest BCUT2D eigenvalue weighted by Gasteiger charge is 2.36. The molecule has 0 aliphatic heterocycles. The van der Waals surface area contributed by atoms with Crippen molar-refractivity contribution in [2.24, 2.45) is 0 Å². The first-order chi connectivity index (χ1) is 10.5. The van der Waals surface area contributed by atoms with Crippen LogP contribution in [-0.2, 0) is 4.74 Å². The minimum Gasteiger partial charge on any atom is -0.490 e. The Labute approximate surface area is 126 Å². The van der Waals surface area contributed by atoms with Gasteiger partial charge < -0.3 is 14.5 Å². The van der Waals surface area contributed by atoms with Crippen LogP contribution in [0.2, 0.25) is 0 Å². The van der Waals surface area contributed by atoms with Crippen LogP contribution in [0.5, 0.6) is 5.75 Å². The molecule has 0 unspecified atom stereocenters. The van der Waals surface area contributed by atoms with E-state index in [2.05, 4.69) is 4.98 Å². The zero-order valence-electron chi connectivity index (χ0n) is 12.6. The summed E-state index contributed by atoms with van der Waals surface area (Å²) in [6.07, 6.45) is 1.92. The monoisotopic (exact) mass is 304 g/mol. The molecule has 1 aromatic heterocycles. The summed E-state index contributed by atoms with van der Waals surface area (Å²) in [4.78, 5) is 26.4. The summed E-state index contributed by atoms with van der Waals surface area (Å²) in [6.45, 7) is 1.74. The molecule has 0 radical (unpaired) electrons. The van der Waals surface area contributed by atoms with Crippen LogP contribution in [-0.4, -0.2) is 30.1 Å². The molecular weight excluding hydrogens is 288 g/mol. The number of aromatic nitrogens is 1. The number of nitro benzene ring substituents is 1. The number of rotatable bonds is 4. The molecule has 3 rings (SSSR count). The van der Waals surface area contributed by atoms with E-state index in [1.807, 2.05) is 0 Å². The molecule has 0 atom stereocenters. The summed E-state index contributed by atoms with van der Waals surface area (Å²) in [6, 6.07) is 1.76. The fourth-order valence-electron chi connectivity index (χ4n) is 2.90. The lowest BCUT2D eigenvalue weighted by Crippen LogP contribution is -2.05. The highest BCUT2D eigenvalue weighted by molar-refractivity contribution is 6.10. The van der Waals surface area contributed by atoms with Gasteiger partial charge >= 0.3 is 11.7 Å². The van der Waals surface area contributed by atoms with Crippen molar-refractivity contribution in [3.8, 4) is 5.75 Å². The Morgan fingerprint density at radius 2 is 2.09 bits per heavy atom. The number of nitrogens with zero attached hydrogens (tertiary/aromatic N) is 1. The predicted molar refractivity (Wildman–Crippen MR) is 79.6 cm³/mol. The number of nitro groups is 1. The van der Waals surface area contributed by atoms with Gasteiger partial charge in [0.2, 0.25) is 5.75 Å². The summed E-state index contributed by atoms with van der Waals surface area (Å²) >= 11 is 0. The van der Waals surface area contributed by atoms with Crippen molar-refractivity contribution in [1.82, 2.24) is 4.98 Å². The molecule has 7 heteroatoms. The number of esters is 1. The number of H-pyrrole nitrogens is 1. The first kappa shape index (κ1) is 14.4. The van der Waals surface area contributed by atoms with Gasteiger partial charge in [-0.15, -0.1) is 0 Å². The van der Waals surface area contributed by atoms with Gasteiger partial charge in [0, 0.05) is 11.3 Å². The molecule has 1 aromatic carbocycles. The van der Waals surface area contributed by atoms with Crippen molar-refractivity contribution in [3.63, 3.8) is 0 Å². The van der Waals surface area contributed by atoms with E-state index in [1.165, 1.54) is 14.2 Å². The summed E-state index contributed by atoms with van der Waals surface area (Å²) in [5, 5.41) is 11.8. The van der Waals surface area contributed by atoms with Gasteiger partial charge in [-0.3, -0.25) is 10.1 Å². The quantitative estimate of drug-likeness (QED) is 0.532. The van der Waals surface area contributed by atoms with Crippen LogP contribution < -0.4 is 4.74 Å². The lowest BCUT2D eigenvalue weighted by Gasteiger charge is -2.07. The fourth-order valence-corrected chi connectivity index (χ4v) is 2.90. The smallest absolute Gasteiger partial charge is 0.340 e. The molecular formula is C15H16N2O5. The number of carbonyl (C=O) groups is 1. The van der Waals surface area contributed by atoms with Crippen molar-refractivity contribution in [1.29, 1.82) is 0 Å². The van der Waals surface area contributed by atoms with E-state index in [4.69, 9.17) is 9.47 Å². The van der Waals surface area contributed by atoms with Crippen LogP contribution in [0.25, 0.3) is 10.9 Å². The van der Waals surface area contributed by atoms with Crippen LogP contribution >= 0.6 is 0 Å². The average Bonchev–Trinajstić information content (AvgIpc) is 3.26. The molecule has 1 saturated carbocycles. The first-order valence-electron chi connectivity index (χ1n) is 6.95. The van der Waals surface area contributed by atoms with Crippen molar-refractivity contribution < 1.29 is 19.2 Å². The van der Waals surface area contributed by atoms with E-state index in [0.717, 1.165) is 18.5 Å². The SMILES string of the molecule is COC(=O)c1c(C2CC2)[nH]c2cc(C)c(OC)c([N+](=O)[O-])c12. The van der Waals surface area contributed by atoms with Gasteiger partial charge in [-0.25, -0.2) is 4.79 Å². The van der Waals surface area contributed by atoms with Gasteiger partial charge in [0.05, 0.1) is 35.6 Å². The second-order valence-corrected chi connectivity index (χ2v) is 5.43. The number of fused-ring (bicyclic) bond motifs is 1. The number of carbonyl (C=O) groups excluding carboxylic acids is 1. The molecule has 1 aliphatic carbocycles. The van der Waals surface area contributed by atoms with E-state index < -0.39 is 10.9 Å². The average molecular weight is 304 g/mol. The Bertz CT molecular complexity index is 789. The zero-order valence-corrected chi connectivity index (χ0v) is 12.6. The van der Waals surface area contributed by atoms with Gasteiger partial charge in [0.1, 0.15) is 0 Å². The van der Waals surface area contributed by atoms with E-state index in [9.17, 15) is 14.9 Å². The minimum absolute atomic E-state index is 0.170. The Balaban J connectivity index is 2.44. The third-order valence-corrected chi connectivity index (χ3v) is 3.99. The minimum atomic E-state index is -0.567. The third-order valence-electron chi connectivity index (χ3n) is 3.99. The van der Waals surface area contributed by atoms with Crippen molar-refractivity contribution in [2.45, 2.75) is 25.7 Å². The number of methoxy groups -OCH3 is 2. The Hall–Kier alpha value is -2.57. The zero-order chi connectivity index (χ0) is 16.0. The molecule has 7 nitrogen and oxygen atoms in total. The van der Waals surface area contributed by atoms with Crippen LogP contribution in [0.15, 0.2) is 6.07 Å². The van der Waals surface area contributed by atoms with E-state index in [-0.39, 0.29) is 28.3 Å². The highest BCUT2D eigenvalue weighted by atomic mass is 16.6. The molecule has 0 spiro atoms. The first-order valence-corrected chi connectivity index (χ1v) is 6.95. The molecule has 116 valence electrons. The van der Waals surface area contributed by atoms with Crippen molar-refractivity contribution in [2.75, 3.05) is 14.2 Å². The molecule has 0 saturated heterocycles. The summed E-state index contributed by atoms with van der Waals surface area (Å²) in [5.41, 5.74) is 1.98. The Kier molecular flexibility index (Phi) is 3.27. The largest absolute Gasteiger partial charge is 0.490 e. The molecule has 22 heavy (non-hydrogen) atoms. The molecule has 1 heterocycles. The summed E-state index contributed by atoms with van der Waals surface area (Å²) < 4.78 is 10.0. The molecule has 1 N–H and O–H groups in total. The van der Waals surface area contributed by atoms with Crippen LogP contribution in [0.1, 0.15) is 40.4 Å². The number of aryl methyl sites for hydroxylation is 1. The van der Waals surface area contributed by atoms with Gasteiger partial charge in [0.15, 0.2) is 0 Å². The molecule has 0 bridgehead atoms. The predicted octanol–water partition coefficient (Wildman–Crippen LogP) is 3.06. The number of ether oxygens (including phenoxy) is 2. The second kappa shape index (κ2) is 5.01. The molecule has 1 aliphatic rings. The van der Waals surface area contributed by atoms with Crippen LogP contribution in [0, 0.1) is 17.0 Å². The van der Waals surface area contributed by atoms with E-state index in [1.54, 1.807) is 13.0 Å². The van der Waals surface area contributed by atoms with Gasteiger partial charge in [0.25, 0.3) is 0 Å². The normalized spacial score (nSPS) is 14.1. The lowest BCUT2D eigenvalue weighted by molar-refractivity contribution is -0.384. The number of hydrogen-bond acceptors (Lipinski definition) is 5. The second-order valence-electron chi connectivity index (χ2n) is 5.43. The molecule has 1 fully saturated rings. The van der Waals surface area contributed by atoms with Gasteiger partial charge in [-0.1, -0.05) is 0 Å². The lowest BCUT2D eigenvalue weighted by atomic mass is 10.0. The number of nitrogens with one attached hydrogen (secondary N) is 1. The Morgan fingerprint density at radius 1 is 1.41 bits per heavy atom. The maximum atomic E-state index is 12.2. The van der Waals surface area contributed by atoms with Gasteiger partial charge in [-0.05, 0) is 31.7 Å². The maximum absolute atomic E-state index is 12.2. The third kappa shape index (κ3) is 2.01. The maximum Gasteiger partial charge on any atom is 0.340 e. The molecule has 0 amide bonds. The van der Waals surface area contributed by atoms with E-state index in [0.29, 0.717) is 11.1 Å². The van der Waals surface area contributed by atoms with Gasteiger partial charge in [-0.2, -0.15) is 0 Å². The standard InChI is InChI=1S/C15H16N2O5/c1-7-6-9-10(13(17(19)20)14(7)21-2)11(15(18)22-3)12(16-9)8-4-5-8/h6,8,16H,4-5H2,1-3H3. The molecule has 2 aromatic rings. The van der Waals surface area contributed by atoms with E-state index >= 15 is 0 Å².